The maximum absolute atomic E-state index is 6.56. The van der Waals surface area contributed by atoms with Gasteiger partial charge >= 0.3 is 0 Å². The number of unbranched alkanes of at least 4 members (excludes halogenated alkanes) is 4. The van der Waals surface area contributed by atoms with E-state index in [0.717, 1.165) is 13.1 Å². The molecule has 0 spiro atoms. The fourth-order valence-electron chi connectivity index (χ4n) is 3.10. The van der Waals surface area contributed by atoms with Crippen molar-refractivity contribution in [1.82, 2.24) is 10.6 Å². The number of nitrogens with one attached hydrogen (secondary N) is 2. The molecule has 2 atom stereocenters. The van der Waals surface area contributed by atoms with Crippen LogP contribution in [0.15, 0.2) is 60.7 Å². The normalized spacial score (nSPS) is 13.4. The summed E-state index contributed by atoms with van der Waals surface area (Å²) >= 11 is 0. The monoisotopic (exact) mass is 368 g/mol. The zero-order valence-electron chi connectivity index (χ0n) is 17.0. The van der Waals surface area contributed by atoms with Crippen LogP contribution in [0.1, 0.15) is 76.0 Å². The van der Waals surface area contributed by atoms with Crippen LogP contribution in [0.5, 0.6) is 0 Å². The van der Waals surface area contributed by atoms with Crippen molar-refractivity contribution in [3.63, 3.8) is 0 Å². The third-order valence-corrected chi connectivity index (χ3v) is 4.70. The van der Waals surface area contributed by atoms with E-state index in [0.29, 0.717) is 0 Å². The van der Waals surface area contributed by atoms with E-state index in [2.05, 4.69) is 85.1 Å². The molecule has 0 amide bonds. The molecular weight excluding hydrogens is 332 g/mol. The zero-order chi connectivity index (χ0) is 19.2. The zero-order valence-corrected chi connectivity index (χ0v) is 17.0. The molecule has 148 valence electrons. The van der Waals surface area contributed by atoms with Crippen LogP contribution in [-0.2, 0) is 4.74 Å². The Morgan fingerprint density at radius 3 is 1.41 bits per heavy atom. The highest BCUT2D eigenvalue weighted by atomic mass is 16.5. The standard InChI is InChI=1S/C24H36N2O/c1-3-5-13-19-25-23(21-15-9-7-10-16-21)27-24(26-20-14-6-4-2)22-17-11-8-12-18-22/h7-12,15-18,23-26H,3-6,13-14,19-20H2,1-2H3. The summed E-state index contributed by atoms with van der Waals surface area (Å²) in [5, 5.41) is 7.22. The highest BCUT2D eigenvalue weighted by Crippen LogP contribution is 2.23. The number of hydrogen-bond donors (Lipinski definition) is 2. The quantitative estimate of drug-likeness (QED) is 0.319. The third kappa shape index (κ3) is 8.25. The fourth-order valence-corrected chi connectivity index (χ4v) is 3.10. The fraction of sp³-hybridized carbons (Fsp3) is 0.500. The van der Waals surface area contributed by atoms with Crippen LogP contribution in [0.25, 0.3) is 0 Å². The third-order valence-electron chi connectivity index (χ3n) is 4.70. The second-order valence-electron chi connectivity index (χ2n) is 7.04. The molecule has 2 N–H and O–H groups in total. The average Bonchev–Trinajstić information content (AvgIpc) is 2.73. The van der Waals surface area contributed by atoms with Crippen LogP contribution >= 0.6 is 0 Å². The van der Waals surface area contributed by atoms with E-state index in [-0.39, 0.29) is 12.5 Å². The summed E-state index contributed by atoms with van der Waals surface area (Å²) in [6, 6.07) is 20.9. The van der Waals surface area contributed by atoms with E-state index in [4.69, 9.17) is 4.74 Å². The van der Waals surface area contributed by atoms with Gasteiger partial charge in [-0.2, -0.15) is 0 Å². The molecule has 0 aliphatic carbocycles. The van der Waals surface area contributed by atoms with Crippen LogP contribution in [0.3, 0.4) is 0 Å². The van der Waals surface area contributed by atoms with E-state index in [9.17, 15) is 0 Å². The first-order chi connectivity index (χ1) is 13.3. The van der Waals surface area contributed by atoms with Crippen LogP contribution in [0.4, 0.5) is 0 Å². The van der Waals surface area contributed by atoms with Gasteiger partial charge in [0.25, 0.3) is 0 Å². The smallest absolute Gasteiger partial charge is 0.136 e. The predicted molar refractivity (Wildman–Crippen MR) is 115 cm³/mol. The Bertz CT molecular complexity index is 534. The second kappa shape index (κ2) is 13.5. The first-order valence-electron chi connectivity index (χ1n) is 10.6. The predicted octanol–water partition coefficient (Wildman–Crippen LogP) is 5.96. The molecule has 2 unspecified atom stereocenters. The summed E-state index contributed by atoms with van der Waals surface area (Å²) in [5.74, 6) is 0. The van der Waals surface area contributed by atoms with Crippen LogP contribution in [0, 0.1) is 0 Å². The minimum Gasteiger partial charge on any atom is -0.337 e. The molecule has 3 nitrogen and oxygen atoms in total. The molecule has 0 aromatic heterocycles. The summed E-state index contributed by atoms with van der Waals surface area (Å²) < 4.78 is 6.56. The lowest BCUT2D eigenvalue weighted by atomic mass is 10.1. The Morgan fingerprint density at radius 1 is 0.630 bits per heavy atom. The lowest BCUT2D eigenvalue weighted by Crippen LogP contribution is -2.32. The topological polar surface area (TPSA) is 33.3 Å². The summed E-state index contributed by atoms with van der Waals surface area (Å²) in [6.45, 7) is 6.39. The molecule has 0 saturated carbocycles. The Labute approximate surface area is 165 Å². The first kappa shape index (κ1) is 21.6. The summed E-state index contributed by atoms with van der Waals surface area (Å²) in [5.41, 5.74) is 2.34. The second-order valence-corrected chi connectivity index (χ2v) is 7.04. The van der Waals surface area contributed by atoms with E-state index in [1.165, 1.54) is 49.7 Å². The lowest BCUT2D eigenvalue weighted by molar-refractivity contribution is -0.0512. The van der Waals surface area contributed by atoms with Gasteiger partial charge in [0.1, 0.15) is 12.5 Å². The van der Waals surface area contributed by atoms with Crippen molar-refractivity contribution < 1.29 is 4.74 Å². The molecule has 27 heavy (non-hydrogen) atoms. The van der Waals surface area contributed by atoms with Crippen molar-refractivity contribution in [3.8, 4) is 0 Å². The van der Waals surface area contributed by atoms with Crippen LogP contribution in [-0.4, -0.2) is 13.1 Å². The summed E-state index contributed by atoms with van der Waals surface area (Å²) in [7, 11) is 0. The van der Waals surface area contributed by atoms with Crippen molar-refractivity contribution in [2.24, 2.45) is 0 Å². The van der Waals surface area contributed by atoms with Gasteiger partial charge in [0.05, 0.1) is 0 Å². The lowest BCUT2D eigenvalue weighted by Gasteiger charge is -2.27. The Hall–Kier alpha value is -1.68. The highest BCUT2D eigenvalue weighted by Gasteiger charge is 2.19. The summed E-state index contributed by atoms with van der Waals surface area (Å²) in [4.78, 5) is 0. The maximum Gasteiger partial charge on any atom is 0.136 e. The SMILES string of the molecule is CCCCCNC(OC(NCCCCC)c1ccccc1)c1ccccc1. The van der Waals surface area contributed by atoms with Gasteiger partial charge in [-0.05, 0) is 37.1 Å². The Balaban J connectivity index is 2.07. The molecule has 0 bridgehead atoms. The molecule has 0 fully saturated rings. The highest BCUT2D eigenvalue weighted by molar-refractivity contribution is 5.19. The molecule has 2 aromatic carbocycles. The van der Waals surface area contributed by atoms with E-state index < -0.39 is 0 Å². The molecule has 3 heteroatoms. The minimum atomic E-state index is -0.119. The van der Waals surface area contributed by atoms with Crippen LogP contribution < -0.4 is 10.6 Å². The number of ether oxygens (including phenoxy) is 1. The van der Waals surface area contributed by atoms with Gasteiger partial charge < -0.3 is 4.74 Å². The number of rotatable bonds is 14. The van der Waals surface area contributed by atoms with Gasteiger partial charge in [-0.1, -0.05) is 100 Å². The van der Waals surface area contributed by atoms with Gasteiger partial charge in [0.15, 0.2) is 0 Å². The van der Waals surface area contributed by atoms with Crippen molar-refractivity contribution in [2.75, 3.05) is 13.1 Å². The first-order valence-corrected chi connectivity index (χ1v) is 10.6. The number of benzene rings is 2. The van der Waals surface area contributed by atoms with Crippen molar-refractivity contribution in [1.29, 1.82) is 0 Å². The van der Waals surface area contributed by atoms with E-state index in [1.54, 1.807) is 0 Å². The van der Waals surface area contributed by atoms with Gasteiger partial charge in [0, 0.05) is 0 Å². The molecule has 0 radical (unpaired) electrons. The summed E-state index contributed by atoms with van der Waals surface area (Å²) in [6.07, 6.45) is 7.04. The molecule has 2 rings (SSSR count). The maximum atomic E-state index is 6.56. The largest absolute Gasteiger partial charge is 0.337 e. The minimum absolute atomic E-state index is 0.119. The van der Waals surface area contributed by atoms with Crippen molar-refractivity contribution in [2.45, 2.75) is 64.8 Å². The molecular formula is C24H36N2O. The van der Waals surface area contributed by atoms with Gasteiger partial charge in [-0.25, -0.2) is 0 Å². The van der Waals surface area contributed by atoms with Crippen molar-refractivity contribution in [3.05, 3.63) is 71.8 Å². The van der Waals surface area contributed by atoms with Crippen molar-refractivity contribution >= 4 is 0 Å². The molecule has 2 aromatic rings. The van der Waals surface area contributed by atoms with Crippen LogP contribution in [0.2, 0.25) is 0 Å². The van der Waals surface area contributed by atoms with E-state index in [1.807, 2.05) is 0 Å². The van der Waals surface area contributed by atoms with Gasteiger partial charge in [-0.3, -0.25) is 10.6 Å². The molecule has 0 aliphatic heterocycles. The molecule has 0 saturated heterocycles. The number of hydrogen-bond acceptors (Lipinski definition) is 3. The molecule has 0 aliphatic rings. The Kier molecular flexibility index (Phi) is 10.8. The molecule has 0 heterocycles. The Morgan fingerprint density at radius 2 is 1.04 bits per heavy atom. The van der Waals surface area contributed by atoms with E-state index >= 15 is 0 Å². The van der Waals surface area contributed by atoms with Gasteiger partial charge in [-0.15, -0.1) is 0 Å². The average molecular weight is 369 g/mol. The van der Waals surface area contributed by atoms with Gasteiger partial charge in [0.2, 0.25) is 0 Å².